The minimum atomic E-state index is -0.0411. The molecular formula is C23H36O. The Balaban J connectivity index is 2.31. The summed E-state index contributed by atoms with van der Waals surface area (Å²) in [5, 5.41) is 10.8. The Bertz CT molecular complexity index is 540. The van der Waals surface area contributed by atoms with Crippen molar-refractivity contribution in [2.45, 2.75) is 84.5 Å². The van der Waals surface area contributed by atoms with Crippen LogP contribution in [0.4, 0.5) is 0 Å². The van der Waals surface area contributed by atoms with Gasteiger partial charge >= 0.3 is 0 Å². The van der Waals surface area contributed by atoms with Gasteiger partial charge in [0.2, 0.25) is 0 Å². The molecule has 0 saturated heterocycles. The van der Waals surface area contributed by atoms with E-state index in [-0.39, 0.29) is 10.8 Å². The normalized spacial score (nSPS) is 22.4. The molecule has 1 fully saturated rings. The van der Waals surface area contributed by atoms with Crippen molar-refractivity contribution in [2.24, 2.45) is 11.8 Å². The Labute approximate surface area is 149 Å². The van der Waals surface area contributed by atoms with E-state index >= 15 is 0 Å². The highest BCUT2D eigenvalue weighted by Crippen LogP contribution is 2.41. The van der Waals surface area contributed by atoms with Crippen LogP contribution in [0.2, 0.25) is 0 Å². The number of phenols is 1. The van der Waals surface area contributed by atoms with Crippen molar-refractivity contribution in [1.82, 2.24) is 0 Å². The second kappa shape index (κ2) is 6.94. The van der Waals surface area contributed by atoms with Gasteiger partial charge in [-0.2, -0.15) is 0 Å². The summed E-state index contributed by atoms with van der Waals surface area (Å²) in [5.41, 5.74) is 3.49. The number of aromatic hydroxyl groups is 1. The van der Waals surface area contributed by atoms with E-state index in [9.17, 15) is 5.11 Å². The van der Waals surface area contributed by atoms with Crippen molar-refractivity contribution in [3.8, 4) is 5.75 Å². The average molecular weight is 329 g/mol. The largest absolute Gasteiger partial charge is 0.507 e. The van der Waals surface area contributed by atoms with E-state index < -0.39 is 0 Å². The zero-order chi connectivity index (χ0) is 18.1. The van der Waals surface area contributed by atoms with Gasteiger partial charge in [0.15, 0.2) is 0 Å². The van der Waals surface area contributed by atoms with Crippen LogP contribution < -0.4 is 0 Å². The molecule has 1 aromatic carbocycles. The predicted molar refractivity (Wildman–Crippen MR) is 105 cm³/mol. The van der Waals surface area contributed by atoms with Gasteiger partial charge in [-0.3, -0.25) is 0 Å². The van der Waals surface area contributed by atoms with E-state index in [4.69, 9.17) is 0 Å². The lowest BCUT2D eigenvalue weighted by atomic mass is 9.75. The van der Waals surface area contributed by atoms with Crippen LogP contribution in [-0.2, 0) is 17.3 Å². The molecule has 1 heteroatoms. The lowest BCUT2D eigenvalue weighted by molar-refractivity contribution is 0.309. The summed E-state index contributed by atoms with van der Waals surface area (Å²) in [6, 6.07) is 4.51. The molecule has 1 aliphatic rings. The summed E-state index contributed by atoms with van der Waals surface area (Å²) in [6.45, 7) is 17.1. The zero-order valence-corrected chi connectivity index (χ0v) is 16.6. The number of benzene rings is 1. The van der Waals surface area contributed by atoms with Crippen LogP contribution in [-0.4, -0.2) is 5.11 Å². The average Bonchev–Trinajstić information content (AvgIpc) is 2.47. The second-order valence-electron chi connectivity index (χ2n) is 9.76. The fraction of sp³-hybridized carbons (Fsp3) is 0.652. The molecule has 0 aliphatic heterocycles. The molecule has 1 N–H and O–H groups in total. The van der Waals surface area contributed by atoms with Crippen LogP contribution in [0, 0.1) is 11.8 Å². The molecule has 0 amide bonds. The molecule has 0 spiro atoms. The second-order valence-corrected chi connectivity index (χ2v) is 9.76. The summed E-state index contributed by atoms with van der Waals surface area (Å²) in [4.78, 5) is 0. The quantitative estimate of drug-likeness (QED) is 0.626. The van der Waals surface area contributed by atoms with E-state index in [0.717, 1.165) is 29.4 Å². The first-order valence-electron chi connectivity index (χ1n) is 9.51. The summed E-state index contributed by atoms with van der Waals surface area (Å²) in [5.74, 6) is 1.98. The topological polar surface area (TPSA) is 20.2 Å². The van der Waals surface area contributed by atoms with Crippen LogP contribution in [0.15, 0.2) is 24.8 Å². The molecule has 1 nitrogen and oxygen atoms in total. The van der Waals surface area contributed by atoms with Gasteiger partial charge < -0.3 is 5.11 Å². The van der Waals surface area contributed by atoms with Crippen molar-refractivity contribution in [2.75, 3.05) is 0 Å². The van der Waals surface area contributed by atoms with E-state index in [1.807, 2.05) is 0 Å². The highest BCUT2D eigenvalue weighted by Gasteiger charge is 2.27. The Morgan fingerprint density at radius 2 is 1.42 bits per heavy atom. The first kappa shape index (κ1) is 19.1. The van der Waals surface area contributed by atoms with Crippen LogP contribution >= 0.6 is 0 Å². The highest BCUT2D eigenvalue weighted by molar-refractivity contribution is 5.50. The van der Waals surface area contributed by atoms with Crippen molar-refractivity contribution in [1.29, 1.82) is 0 Å². The monoisotopic (exact) mass is 328 g/mol. The van der Waals surface area contributed by atoms with E-state index in [2.05, 4.69) is 66.3 Å². The third-order valence-corrected chi connectivity index (χ3v) is 5.53. The molecule has 1 aromatic rings. The summed E-state index contributed by atoms with van der Waals surface area (Å²) >= 11 is 0. The van der Waals surface area contributed by atoms with Gasteiger partial charge in [-0.15, -0.1) is 6.58 Å². The van der Waals surface area contributed by atoms with Crippen LogP contribution in [0.1, 0.15) is 83.9 Å². The fourth-order valence-corrected chi connectivity index (χ4v) is 3.92. The molecule has 24 heavy (non-hydrogen) atoms. The van der Waals surface area contributed by atoms with Gasteiger partial charge in [0.05, 0.1) is 0 Å². The van der Waals surface area contributed by atoms with Crippen molar-refractivity contribution >= 4 is 0 Å². The van der Waals surface area contributed by atoms with Crippen molar-refractivity contribution in [3.05, 3.63) is 41.5 Å². The number of rotatable bonds is 3. The molecule has 1 aliphatic carbocycles. The van der Waals surface area contributed by atoms with Gasteiger partial charge in [0.1, 0.15) is 5.75 Å². The maximum atomic E-state index is 10.8. The molecule has 0 radical (unpaired) electrons. The van der Waals surface area contributed by atoms with Crippen molar-refractivity contribution in [3.63, 3.8) is 0 Å². The highest BCUT2D eigenvalue weighted by atomic mass is 16.3. The van der Waals surface area contributed by atoms with Crippen LogP contribution in [0.5, 0.6) is 5.75 Å². The van der Waals surface area contributed by atoms with Gasteiger partial charge in [0, 0.05) is 0 Å². The molecule has 0 unspecified atom stereocenters. The number of hydrogen-bond donors (Lipinski definition) is 1. The SMILES string of the molecule is C=CC1CCC(Cc2cc(C(C)(C)C)c(O)c(C(C)(C)C)c2)CC1. The Morgan fingerprint density at radius 3 is 1.79 bits per heavy atom. The Morgan fingerprint density at radius 1 is 0.958 bits per heavy atom. The Kier molecular flexibility index (Phi) is 5.52. The van der Waals surface area contributed by atoms with Gasteiger partial charge in [-0.25, -0.2) is 0 Å². The number of hydrogen-bond acceptors (Lipinski definition) is 1. The smallest absolute Gasteiger partial charge is 0.123 e. The summed E-state index contributed by atoms with van der Waals surface area (Å²) < 4.78 is 0. The molecule has 0 aromatic heterocycles. The minimum Gasteiger partial charge on any atom is -0.507 e. The van der Waals surface area contributed by atoms with E-state index in [1.54, 1.807) is 0 Å². The Hall–Kier alpha value is -1.24. The number of allylic oxidation sites excluding steroid dienone is 1. The van der Waals surface area contributed by atoms with Crippen LogP contribution in [0.25, 0.3) is 0 Å². The molecule has 0 heterocycles. The predicted octanol–water partition coefficient (Wildman–Crippen LogP) is 6.52. The lowest BCUT2D eigenvalue weighted by Gasteiger charge is -2.30. The van der Waals surface area contributed by atoms with Gasteiger partial charge in [-0.1, -0.05) is 59.8 Å². The lowest BCUT2D eigenvalue weighted by Crippen LogP contribution is -2.19. The molecule has 2 rings (SSSR count). The van der Waals surface area contributed by atoms with E-state index in [0.29, 0.717) is 5.75 Å². The van der Waals surface area contributed by atoms with Gasteiger partial charge in [0.25, 0.3) is 0 Å². The maximum absolute atomic E-state index is 10.8. The van der Waals surface area contributed by atoms with Gasteiger partial charge in [-0.05, 0) is 71.5 Å². The summed E-state index contributed by atoms with van der Waals surface area (Å²) in [7, 11) is 0. The maximum Gasteiger partial charge on any atom is 0.123 e. The molecule has 0 bridgehead atoms. The standard InChI is InChI=1S/C23H36O/c1-8-16-9-11-17(12-10-16)13-18-14-19(22(2,3)4)21(24)20(15-18)23(5,6)7/h8,14-17,24H,1,9-13H2,2-7H3. The molecular weight excluding hydrogens is 292 g/mol. The third-order valence-electron chi connectivity index (χ3n) is 5.53. The minimum absolute atomic E-state index is 0.0411. The number of phenolic OH excluding ortho intramolecular Hbond substituents is 1. The molecule has 134 valence electrons. The molecule has 1 saturated carbocycles. The first-order chi connectivity index (χ1) is 11.0. The first-order valence-corrected chi connectivity index (χ1v) is 9.51. The summed E-state index contributed by atoms with van der Waals surface area (Å²) in [6.07, 6.45) is 8.43. The molecule has 0 atom stereocenters. The third kappa shape index (κ3) is 4.43. The van der Waals surface area contributed by atoms with E-state index in [1.165, 1.54) is 31.2 Å². The fourth-order valence-electron chi connectivity index (χ4n) is 3.92. The van der Waals surface area contributed by atoms with Crippen molar-refractivity contribution < 1.29 is 5.11 Å². The zero-order valence-electron chi connectivity index (χ0n) is 16.6. The van der Waals surface area contributed by atoms with Crippen LogP contribution in [0.3, 0.4) is 0 Å².